The summed E-state index contributed by atoms with van der Waals surface area (Å²) in [4.78, 5) is 18.0. The summed E-state index contributed by atoms with van der Waals surface area (Å²) in [7, 11) is 3.32. The van der Waals surface area contributed by atoms with Gasteiger partial charge in [0.15, 0.2) is 0 Å². The Labute approximate surface area is 158 Å². The van der Waals surface area contributed by atoms with E-state index in [-0.39, 0.29) is 36.2 Å². The van der Waals surface area contributed by atoms with Crippen LogP contribution in [0.1, 0.15) is 18.4 Å². The molecule has 1 amide bonds. The first kappa shape index (κ1) is 20.1. The average Bonchev–Trinajstić information content (AvgIpc) is 3.21. The SMILES string of the molecule is COCC(=O)N[C@H]1C[C@@H](c2nc(-c3ccc(OC(F)(F)F)cc3)no2)N(C)C1. The fourth-order valence-corrected chi connectivity index (χ4v) is 3.09. The van der Waals surface area contributed by atoms with Gasteiger partial charge in [0, 0.05) is 25.3 Å². The highest BCUT2D eigenvalue weighted by molar-refractivity contribution is 5.77. The van der Waals surface area contributed by atoms with Crippen molar-refractivity contribution in [1.82, 2.24) is 20.4 Å². The molecule has 2 atom stereocenters. The smallest absolute Gasteiger partial charge is 0.406 e. The van der Waals surface area contributed by atoms with Crippen molar-refractivity contribution >= 4 is 5.91 Å². The lowest BCUT2D eigenvalue weighted by molar-refractivity contribution is -0.274. The number of aromatic nitrogens is 2. The summed E-state index contributed by atoms with van der Waals surface area (Å²) in [5.74, 6) is 0.101. The minimum Gasteiger partial charge on any atom is -0.406 e. The highest BCUT2D eigenvalue weighted by Gasteiger charge is 2.35. The molecule has 8 nitrogen and oxygen atoms in total. The Morgan fingerprint density at radius 1 is 1.36 bits per heavy atom. The number of hydrogen-bond donors (Lipinski definition) is 1. The van der Waals surface area contributed by atoms with E-state index in [0.717, 1.165) is 0 Å². The normalized spacial score (nSPS) is 20.3. The summed E-state index contributed by atoms with van der Waals surface area (Å²) in [5.41, 5.74) is 0.495. The molecule has 1 fully saturated rings. The van der Waals surface area contributed by atoms with Crippen LogP contribution in [0.4, 0.5) is 13.2 Å². The standard InChI is InChI=1S/C17H19F3N4O4/c1-24-8-11(21-14(25)9-26-2)7-13(24)16-22-15(23-28-16)10-3-5-12(6-4-10)27-17(18,19)20/h3-6,11,13H,7-9H2,1-2H3,(H,21,25)/t11-,13-/m0/s1. The maximum Gasteiger partial charge on any atom is 0.573 e. The van der Waals surface area contributed by atoms with E-state index in [1.165, 1.54) is 31.4 Å². The minimum atomic E-state index is -4.75. The Balaban J connectivity index is 1.66. The van der Waals surface area contributed by atoms with Crippen LogP contribution in [-0.4, -0.2) is 60.7 Å². The van der Waals surface area contributed by atoms with Crippen molar-refractivity contribution in [2.45, 2.75) is 24.9 Å². The number of likely N-dealkylation sites (tertiary alicyclic amines) is 1. The zero-order valence-corrected chi connectivity index (χ0v) is 15.2. The molecule has 0 bridgehead atoms. The molecule has 1 aliphatic rings. The molecule has 0 unspecified atom stereocenters. The Hall–Kier alpha value is -2.66. The van der Waals surface area contributed by atoms with E-state index in [0.29, 0.717) is 24.4 Å². The number of ether oxygens (including phenoxy) is 2. The minimum absolute atomic E-state index is 0.0103. The third-order valence-electron chi connectivity index (χ3n) is 4.26. The summed E-state index contributed by atoms with van der Waals surface area (Å²) in [5, 5.41) is 6.77. The molecule has 1 saturated heterocycles. The molecule has 1 aromatic carbocycles. The number of halogens is 3. The number of methoxy groups -OCH3 is 1. The van der Waals surface area contributed by atoms with E-state index in [2.05, 4.69) is 20.2 Å². The summed E-state index contributed by atoms with van der Waals surface area (Å²) >= 11 is 0. The second-order valence-corrected chi connectivity index (χ2v) is 6.42. The Kier molecular flexibility index (Phi) is 5.84. The van der Waals surface area contributed by atoms with Crippen molar-refractivity contribution in [2.24, 2.45) is 0 Å². The topological polar surface area (TPSA) is 89.7 Å². The summed E-state index contributed by atoms with van der Waals surface area (Å²) in [6.07, 6.45) is -4.16. The number of benzene rings is 1. The Morgan fingerprint density at radius 2 is 2.07 bits per heavy atom. The number of alkyl halides is 3. The fourth-order valence-electron chi connectivity index (χ4n) is 3.09. The van der Waals surface area contributed by atoms with Gasteiger partial charge < -0.3 is 19.3 Å². The van der Waals surface area contributed by atoms with E-state index in [9.17, 15) is 18.0 Å². The molecule has 11 heteroatoms. The van der Waals surface area contributed by atoms with Gasteiger partial charge in [0.25, 0.3) is 0 Å². The van der Waals surface area contributed by atoms with Gasteiger partial charge >= 0.3 is 6.36 Å². The molecule has 0 spiro atoms. The predicted molar refractivity (Wildman–Crippen MR) is 90.2 cm³/mol. The van der Waals surface area contributed by atoms with E-state index in [1.54, 1.807) is 0 Å². The molecule has 28 heavy (non-hydrogen) atoms. The van der Waals surface area contributed by atoms with E-state index >= 15 is 0 Å². The van der Waals surface area contributed by atoms with Gasteiger partial charge in [0.1, 0.15) is 12.4 Å². The lowest BCUT2D eigenvalue weighted by atomic mass is 10.1. The van der Waals surface area contributed by atoms with Crippen LogP contribution in [0.2, 0.25) is 0 Å². The zero-order chi connectivity index (χ0) is 20.3. The molecule has 1 aliphatic heterocycles. The quantitative estimate of drug-likeness (QED) is 0.795. The van der Waals surface area contributed by atoms with Crippen LogP contribution in [0.15, 0.2) is 28.8 Å². The van der Waals surface area contributed by atoms with Gasteiger partial charge in [-0.05, 0) is 37.7 Å². The number of rotatable bonds is 6. The van der Waals surface area contributed by atoms with Gasteiger partial charge in [0.2, 0.25) is 17.6 Å². The third kappa shape index (κ3) is 4.98. The van der Waals surface area contributed by atoms with Crippen molar-refractivity contribution in [3.8, 4) is 17.1 Å². The van der Waals surface area contributed by atoms with Crippen LogP contribution >= 0.6 is 0 Å². The van der Waals surface area contributed by atoms with Crippen molar-refractivity contribution in [3.05, 3.63) is 30.2 Å². The Morgan fingerprint density at radius 3 is 2.71 bits per heavy atom. The molecule has 0 radical (unpaired) electrons. The number of likely N-dealkylation sites (N-methyl/N-ethyl adjacent to an activating group) is 1. The fraction of sp³-hybridized carbons (Fsp3) is 0.471. The van der Waals surface area contributed by atoms with Crippen molar-refractivity contribution in [1.29, 1.82) is 0 Å². The van der Waals surface area contributed by atoms with Gasteiger partial charge in [-0.15, -0.1) is 13.2 Å². The van der Waals surface area contributed by atoms with E-state index in [4.69, 9.17) is 9.26 Å². The van der Waals surface area contributed by atoms with Gasteiger partial charge in [-0.25, -0.2) is 0 Å². The number of amides is 1. The largest absolute Gasteiger partial charge is 0.573 e. The van der Waals surface area contributed by atoms with E-state index in [1.807, 2.05) is 11.9 Å². The van der Waals surface area contributed by atoms with Crippen molar-refractivity contribution < 1.29 is 32.0 Å². The Bertz CT molecular complexity index is 809. The first-order chi connectivity index (χ1) is 13.2. The van der Waals surface area contributed by atoms with Crippen LogP contribution in [0, 0.1) is 0 Å². The van der Waals surface area contributed by atoms with Crippen molar-refractivity contribution in [3.63, 3.8) is 0 Å². The second-order valence-electron chi connectivity index (χ2n) is 6.42. The highest BCUT2D eigenvalue weighted by atomic mass is 19.4. The van der Waals surface area contributed by atoms with Crippen molar-refractivity contribution in [2.75, 3.05) is 27.3 Å². The molecule has 0 aliphatic carbocycles. The first-order valence-electron chi connectivity index (χ1n) is 8.43. The molecule has 1 aromatic heterocycles. The molecule has 0 saturated carbocycles. The maximum atomic E-state index is 12.2. The van der Waals surface area contributed by atoms with Gasteiger partial charge in [-0.3, -0.25) is 9.69 Å². The predicted octanol–water partition coefficient (Wildman–Crippen LogP) is 2.14. The number of carbonyl (C=O) groups is 1. The van der Waals surface area contributed by atoms with Crippen LogP contribution in [-0.2, 0) is 9.53 Å². The number of carbonyl (C=O) groups excluding carboxylic acids is 1. The molecular formula is C17H19F3N4O4. The lowest BCUT2D eigenvalue weighted by Gasteiger charge is -2.14. The monoisotopic (exact) mass is 400 g/mol. The van der Waals surface area contributed by atoms with Gasteiger partial charge in [0.05, 0.1) is 6.04 Å². The summed E-state index contributed by atoms with van der Waals surface area (Å²) in [6.45, 7) is 0.602. The average molecular weight is 400 g/mol. The van der Waals surface area contributed by atoms with Crippen LogP contribution < -0.4 is 10.1 Å². The number of nitrogens with zero attached hydrogens (tertiary/aromatic N) is 3. The number of hydrogen-bond acceptors (Lipinski definition) is 7. The van der Waals surface area contributed by atoms with Gasteiger partial charge in [-0.1, -0.05) is 5.16 Å². The second kappa shape index (κ2) is 8.15. The molecular weight excluding hydrogens is 381 g/mol. The van der Waals surface area contributed by atoms with Gasteiger partial charge in [-0.2, -0.15) is 4.98 Å². The van der Waals surface area contributed by atoms with E-state index < -0.39 is 6.36 Å². The molecule has 2 aromatic rings. The first-order valence-corrected chi connectivity index (χ1v) is 8.43. The zero-order valence-electron chi connectivity index (χ0n) is 15.2. The third-order valence-corrected chi connectivity index (χ3v) is 4.26. The van der Waals surface area contributed by atoms with Crippen LogP contribution in [0.25, 0.3) is 11.4 Å². The highest BCUT2D eigenvalue weighted by Crippen LogP contribution is 2.31. The molecule has 2 heterocycles. The van der Waals surface area contributed by atoms with Crippen LogP contribution in [0.3, 0.4) is 0 Å². The summed E-state index contributed by atoms with van der Waals surface area (Å²) < 4.78 is 50.7. The molecule has 152 valence electrons. The number of nitrogens with one attached hydrogen (secondary N) is 1. The molecule has 1 N–H and O–H groups in total. The van der Waals surface area contributed by atoms with Crippen LogP contribution in [0.5, 0.6) is 5.75 Å². The lowest BCUT2D eigenvalue weighted by Crippen LogP contribution is -2.38. The summed E-state index contributed by atoms with van der Waals surface area (Å²) in [6, 6.07) is 4.95. The molecule has 3 rings (SSSR count). The maximum absolute atomic E-state index is 12.2.